The van der Waals surface area contributed by atoms with Gasteiger partial charge in [-0.25, -0.2) is 4.98 Å². The van der Waals surface area contributed by atoms with Crippen molar-refractivity contribution < 1.29 is 4.79 Å². The molecule has 2 heterocycles. The molecule has 1 saturated carbocycles. The molecule has 0 atom stereocenters. The van der Waals surface area contributed by atoms with Crippen molar-refractivity contribution >= 4 is 39.5 Å². The minimum absolute atomic E-state index is 0.156. The van der Waals surface area contributed by atoms with E-state index in [1.165, 1.54) is 29.7 Å². The van der Waals surface area contributed by atoms with Gasteiger partial charge in [0.2, 0.25) is 0 Å². The van der Waals surface area contributed by atoms with E-state index in [2.05, 4.69) is 15.6 Å². The van der Waals surface area contributed by atoms with E-state index in [9.17, 15) is 4.79 Å². The van der Waals surface area contributed by atoms with E-state index >= 15 is 0 Å². The first kappa shape index (κ1) is 13.4. The maximum absolute atomic E-state index is 12.1. The molecule has 0 spiro atoms. The van der Waals surface area contributed by atoms with Crippen LogP contribution in [0.2, 0.25) is 0 Å². The molecule has 20 heavy (non-hydrogen) atoms. The third-order valence-electron chi connectivity index (χ3n) is 3.14. The van der Waals surface area contributed by atoms with E-state index in [-0.39, 0.29) is 5.91 Å². The lowest BCUT2D eigenvalue weighted by Crippen LogP contribution is -2.22. The number of thiophene rings is 1. The van der Waals surface area contributed by atoms with Crippen LogP contribution in [0, 0.1) is 6.92 Å². The van der Waals surface area contributed by atoms with Gasteiger partial charge in [0.25, 0.3) is 5.91 Å². The highest BCUT2D eigenvalue weighted by atomic mass is 32.1. The van der Waals surface area contributed by atoms with Gasteiger partial charge in [-0.3, -0.25) is 4.79 Å². The van der Waals surface area contributed by atoms with Crippen LogP contribution in [0.4, 0.5) is 10.9 Å². The number of nitrogens with one attached hydrogen (secondary N) is 2. The molecule has 106 valence electrons. The Morgan fingerprint density at radius 3 is 3.00 bits per heavy atom. The average Bonchev–Trinajstić information content (AvgIpc) is 3.01. The Kier molecular flexibility index (Phi) is 3.62. The molecule has 0 bridgehead atoms. The van der Waals surface area contributed by atoms with Crippen LogP contribution in [-0.4, -0.2) is 16.9 Å². The molecule has 7 heteroatoms. The second-order valence-corrected chi connectivity index (χ2v) is 6.86. The monoisotopic (exact) mass is 308 g/mol. The van der Waals surface area contributed by atoms with E-state index < -0.39 is 0 Å². The number of nitrogens with two attached hydrogens (primary N) is 1. The van der Waals surface area contributed by atoms with Crippen molar-refractivity contribution in [1.82, 2.24) is 10.3 Å². The van der Waals surface area contributed by atoms with Crippen molar-refractivity contribution in [2.75, 3.05) is 11.1 Å². The van der Waals surface area contributed by atoms with Crippen LogP contribution in [0.3, 0.4) is 0 Å². The van der Waals surface area contributed by atoms with Gasteiger partial charge in [0.05, 0.1) is 6.54 Å². The lowest BCUT2D eigenvalue weighted by molar-refractivity contribution is 0.0956. The molecule has 2 aromatic heterocycles. The quantitative estimate of drug-likeness (QED) is 0.793. The molecule has 1 aliphatic carbocycles. The summed E-state index contributed by atoms with van der Waals surface area (Å²) < 4.78 is 0. The summed E-state index contributed by atoms with van der Waals surface area (Å²) in [6.45, 7) is 2.57. The second kappa shape index (κ2) is 5.41. The van der Waals surface area contributed by atoms with Crippen LogP contribution in [0.25, 0.3) is 0 Å². The molecular weight excluding hydrogens is 292 g/mol. The first-order chi connectivity index (χ1) is 9.63. The Morgan fingerprint density at radius 1 is 1.55 bits per heavy atom. The standard InChI is InChI=1S/C13H16N4OS2/c1-7-4-5-19-9(7)6-15-12(18)10-11(14)17-13(20-10)16-8-2-3-8/h4-5,8H,2-3,6,14H2,1H3,(H,15,18)(H,16,17). The number of amides is 1. The van der Waals surface area contributed by atoms with Crippen LogP contribution in [0.15, 0.2) is 11.4 Å². The number of carbonyl (C=O) groups excluding carboxylic acids is 1. The van der Waals surface area contributed by atoms with Gasteiger partial charge in [-0.05, 0) is 36.8 Å². The first-order valence-electron chi connectivity index (χ1n) is 6.47. The normalized spacial score (nSPS) is 14.2. The summed E-state index contributed by atoms with van der Waals surface area (Å²) >= 11 is 2.96. The van der Waals surface area contributed by atoms with Crippen LogP contribution in [0.5, 0.6) is 0 Å². The van der Waals surface area contributed by atoms with Gasteiger partial charge in [-0.2, -0.15) is 0 Å². The van der Waals surface area contributed by atoms with E-state index in [4.69, 9.17) is 5.73 Å². The Bertz CT molecular complexity index is 630. The molecule has 1 aliphatic rings. The molecule has 0 unspecified atom stereocenters. The van der Waals surface area contributed by atoms with E-state index in [1.807, 2.05) is 18.4 Å². The summed E-state index contributed by atoms with van der Waals surface area (Å²) in [7, 11) is 0. The number of rotatable bonds is 5. The third kappa shape index (κ3) is 2.94. The van der Waals surface area contributed by atoms with Crippen molar-refractivity contribution in [3.05, 3.63) is 26.8 Å². The molecule has 4 N–H and O–H groups in total. The third-order valence-corrected chi connectivity index (χ3v) is 5.17. The summed E-state index contributed by atoms with van der Waals surface area (Å²) in [5.41, 5.74) is 7.02. The average molecular weight is 308 g/mol. The fraction of sp³-hybridized carbons (Fsp3) is 0.385. The highest BCUT2D eigenvalue weighted by Crippen LogP contribution is 2.30. The maximum atomic E-state index is 12.1. The summed E-state index contributed by atoms with van der Waals surface area (Å²) in [5, 5.41) is 8.92. The smallest absolute Gasteiger partial charge is 0.265 e. The molecule has 0 radical (unpaired) electrons. The lowest BCUT2D eigenvalue weighted by Gasteiger charge is -2.03. The summed E-state index contributed by atoms with van der Waals surface area (Å²) in [6.07, 6.45) is 2.33. The van der Waals surface area contributed by atoms with Crippen LogP contribution in [-0.2, 0) is 6.54 Å². The largest absolute Gasteiger partial charge is 0.382 e. The van der Waals surface area contributed by atoms with Gasteiger partial charge in [0.15, 0.2) is 5.13 Å². The molecule has 1 fully saturated rings. The second-order valence-electron chi connectivity index (χ2n) is 4.86. The van der Waals surface area contributed by atoms with E-state index in [0.29, 0.717) is 23.3 Å². The SMILES string of the molecule is Cc1ccsc1CNC(=O)c1sc(NC2CC2)nc1N. The Morgan fingerprint density at radius 2 is 2.35 bits per heavy atom. The number of hydrogen-bond acceptors (Lipinski definition) is 6. The van der Waals surface area contributed by atoms with Crippen LogP contribution >= 0.6 is 22.7 Å². The minimum Gasteiger partial charge on any atom is -0.382 e. The van der Waals surface area contributed by atoms with Gasteiger partial charge in [0.1, 0.15) is 10.7 Å². The number of nitrogens with zero attached hydrogens (tertiary/aromatic N) is 1. The number of thiazole rings is 1. The summed E-state index contributed by atoms with van der Waals surface area (Å²) in [4.78, 5) is 18.0. The van der Waals surface area contributed by atoms with Gasteiger partial charge in [0, 0.05) is 10.9 Å². The van der Waals surface area contributed by atoms with Gasteiger partial charge >= 0.3 is 0 Å². The van der Waals surface area contributed by atoms with Crippen LogP contribution in [0.1, 0.15) is 33.0 Å². The van der Waals surface area contributed by atoms with Gasteiger partial charge in [-0.1, -0.05) is 11.3 Å². The molecule has 0 saturated heterocycles. The number of aryl methyl sites for hydroxylation is 1. The van der Waals surface area contributed by atoms with Crippen molar-refractivity contribution in [2.24, 2.45) is 0 Å². The first-order valence-corrected chi connectivity index (χ1v) is 8.17. The number of aromatic nitrogens is 1. The lowest BCUT2D eigenvalue weighted by atomic mass is 10.3. The molecule has 0 aliphatic heterocycles. The molecule has 0 aromatic carbocycles. The topological polar surface area (TPSA) is 80.0 Å². The number of hydrogen-bond donors (Lipinski definition) is 3. The molecule has 2 aromatic rings. The summed E-state index contributed by atoms with van der Waals surface area (Å²) in [5.74, 6) is 0.148. The van der Waals surface area contributed by atoms with Gasteiger partial charge in [-0.15, -0.1) is 11.3 Å². The van der Waals surface area contributed by atoms with E-state index in [1.54, 1.807) is 11.3 Å². The van der Waals surface area contributed by atoms with Crippen molar-refractivity contribution in [3.63, 3.8) is 0 Å². The zero-order valence-electron chi connectivity index (χ0n) is 11.1. The fourth-order valence-corrected chi connectivity index (χ4v) is 3.51. The summed E-state index contributed by atoms with van der Waals surface area (Å²) in [6, 6.07) is 2.55. The molecule has 3 rings (SSSR count). The predicted molar refractivity (Wildman–Crippen MR) is 83.4 cm³/mol. The Labute approximate surface area is 125 Å². The zero-order chi connectivity index (χ0) is 14.1. The minimum atomic E-state index is -0.156. The Hall–Kier alpha value is -1.60. The number of carbonyl (C=O) groups is 1. The highest BCUT2D eigenvalue weighted by Gasteiger charge is 2.24. The number of nitrogen functional groups attached to an aromatic ring is 1. The molecular formula is C13H16N4OS2. The highest BCUT2D eigenvalue weighted by molar-refractivity contribution is 7.18. The molecule has 1 amide bonds. The molecule has 5 nitrogen and oxygen atoms in total. The predicted octanol–water partition coefficient (Wildman–Crippen LogP) is 2.60. The van der Waals surface area contributed by atoms with Crippen LogP contribution < -0.4 is 16.4 Å². The number of anilines is 2. The Balaban J connectivity index is 1.64. The van der Waals surface area contributed by atoms with Gasteiger partial charge < -0.3 is 16.4 Å². The maximum Gasteiger partial charge on any atom is 0.265 e. The van der Waals surface area contributed by atoms with Crippen molar-refractivity contribution in [2.45, 2.75) is 32.4 Å². The van der Waals surface area contributed by atoms with Crippen molar-refractivity contribution in [1.29, 1.82) is 0 Å². The zero-order valence-corrected chi connectivity index (χ0v) is 12.7. The fourth-order valence-electron chi connectivity index (χ4n) is 1.78. The van der Waals surface area contributed by atoms with Crippen molar-refractivity contribution in [3.8, 4) is 0 Å². The van der Waals surface area contributed by atoms with E-state index in [0.717, 1.165) is 10.0 Å².